The number of hydrogen-bond acceptors (Lipinski definition) is 11. The third-order valence-corrected chi connectivity index (χ3v) is 8.28. The van der Waals surface area contributed by atoms with Gasteiger partial charge in [0.05, 0.1) is 25.3 Å². The highest BCUT2D eigenvalue weighted by Gasteiger charge is 2.76. The highest BCUT2D eigenvalue weighted by molar-refractivity contribution is 6.02. The second-order valence-electron chi connectivity index (χ2n) is 11.1. The number of ether oxygens (including phenoxy) is 1. The maximum Gasteiger partial charge on any atom is 0.343 e. The van der Waals surface area contributed by atoms with Crippen molar-refractivity contribution in [2.45, 2.75) is 61.7 Å². The van der Waals surface area contributed by atoms with E-state index in [1.807, 2.05) is 19.9 Å². The molecule has 5 aliphatic rings. The van der Waals surface area contributed by atoms with Gasteiger partial charge in [0.2, 0.25) is 17.6 Å². The number of carbonyl (C=O) groups is 3. The fraction of sp³-hybridized carbons (Fsp3) is 0.542. The van der Waals surface area contributed by atoms with Crippen molar-refractivity contribution in [3.63, 3.8) is 0 Å². The van der Waals surface area contributed by atoms with Crippen molar-refractivity contribution in [2.75, 3.05) is 19.7 Å². The maximum atomic E-state index is 13.4. The molecule has 14 nitrogen and oxygen atoms in total. The number of nitrogens with zero attached hydrogens (tertiary/aromatic N) is 3. The molecule has 2 fully saturated rings. The molecule has 14 heteroatoms. The van der Waals surface area contributed by atoms with E-state index < -0.39 is 35.5 Å². The molecule has 0 aliphatic carbocycles. The zero-order chi connectivity index (χ0) is 27.2. The normalized spacial score (nSPS) is 32.2. The molecule has 1 unspecified atom stereocenters. The third-order valence-electron chi connectivity index (χ3n) is 8.28. The zero-order valence-corrected chi connectivity index (χ0v) is 21.0. The summed E-state index contributed by atoms with van der Waals surface area (Å²) in [6.45, 7) is 4.23. The topological polar surface area (TPSA) is 210 Å². The highest BCUT2D eigenvalue weighted by Crippen LogP contribution is 2.43. The van der Waals surface area contributed by atoms with Crippen molar-refractivity contribution >= 4 is 29.6 Å². The quantitative estimate of drug-likeness (QED) is 0.147. The summed E-state index contributed by atoms with van der Waals surface area (Å²) >= 11 is 0. The number of imide groups is 1. The number of carbonyl (C=O) groups excluding carboxylic acids is 3. The predicted molar refractivity (Wildman–Crippen MR) is 131 cm³/mol. The molecule has 0 aromatic heterocycles. The van der Waals surface area contributed by atoms with Crippen LogP contribution in [0.1, 0.15) is 42.6 Å². The lowest BCUT2D eigenvalue weighted by atomic mass is 9.84. The summed E-state index contributed by atoms with van der Waals surface area (Å²) in [7, 11) is 0. The van der Waals surface area contributed by atoms with Gasteiger partial charge < -0.3 is 26.0 Å². The van der Waals surface area contributed by atoms with Crippen molar-refractivity contribution in [2.24, 2.45) is 16.5 Å². The van der Waals surface area contributed by atoms with Gasteiger partial charge in [-0.15, -0.1) is 0 Å². The molecule has 1 aromatic carbocycles. The third kappa shape index (κ3) is 3.16. The van der Waals surface area contributed by atoms with Crippen molar-refractivity contribution in [3.8, 4) is 5.75 Å². The molecule has 6 rings (SSSR count). The van der Waals surface area contributed by atoms with Crippen LogP contribution in [0.25, 0.3) is 0 Å². The highest BCUT2D eigenvalue weighted by atomic mass is 16.5. The molecule has 2 saturated heterocycles. The Kier molecular flexibility index (Phi) is 5.01. The van der Waals surface area contributed by atoms with Crippen LogP contribution in [-0.2, 0) is 15.0 Å². The molecule has 3 amide bonds. The summed E-state index contributed by atoms with van der Waals surface area (Å²) in [5.74, 6) is -3.39. The SMILES string of the molecule is CC1(C)COc2c(C(=O)NC3CN4C(N)=N[C@@H](CN5C(=O)CCC5=O)[C@@H]5[NH+]=C(N)N[C@@]54C3(O)O)cccc21. The minimum Gasteiger partial charge on any atom is -0.492 e. The predicted octanol–water partition coefficient (Wildman–Crippen LogP) is -4.64. The van der Waals surface area contributed by atoms with E-state index in [1.54, 1.807) is 12.1 Å². The van der Waals surface area contributed by atoms with Gasteiger partial charge in [-0.05, 0) is 6.07 Å². The molecule has 0 saturated carbocycles. The summed E-state index contributed by atoms with van der Waals surface area (Å²) in [4.78, 5) is 48.0. The molecular weight excluding hydrogens is 496 g/mol. The van der Waals surface area contributed by atoms with Crippen LogP contribution < -0.4 is 31.8 Å². The minimum absolute atomic E-state index is 0.0323. The number of hydrogen-bond donors (Lipinski definition) is 7. The lowest BCUT2D eigenvalue weighted by Crippen LogP contribution is -2.90. The molecule has 5 heterocycles. The van der Waals surface area contributed by atoms with E-state index in [0.717, 1.165) is 10.5 Å². The molecular formula is C24H31N8O6+. The Morgan fingerprint density at radius 2 is 1.97 bits per heavy atom. The largest absolute Gasteiger partial charge is 0.492 e. The van der Waals surface area contributed by atoms with Crippen LogP contribution in [0.5, 0.6) is 5.75 Å². The summed E-state index contributed by atoms with van der Waals surface area (Å²) < 4.78 is 5.83. The number of amides is 3. The first-order valence-electron chi connectivity index (χ1n) is 12.5. The fourth-order valence-corrected chi connectivity index (χ4v) is 6.31. The Morgan fingerprint density at radius 3 is 2.68 bits per heavy atom. The number of nitrogens with two attached hydrogens (primary N) is 2. The van der Waals surface area contributed by atoms with Crippen LogP contribution in [-0.4, -0.2) is 98.9 Å². The number of benzene rings is 1. The van der Waals surface area contributed by atoms with Gasteiger partial charge in [0.1, 0.15) is 17.8 Å². The maximum absolute atomic E-state index is 13.4. The van der Waals surface area contributed by atoms with E-state index in [9.17, 15) is 24.6 Å². The van der Waals surface area contributed by atoms with Gasteiger partial charge in [-0.3, -0.25) is 34.9 Å². The van der Waals surface area contributed by atoms with Crippen molar-refractivity contribution in [1.82, 2.24) is 20.4 Å². The lowest BCUT2D eigenvalue weighted by molar-refractivity contribution is -0.521. The minimum atomic E-state index is -2.61. The van der Waals surface area contributed by atoms with Gasteiger partial charge >= 0.3 is 5.96 Å². The number of fused-ring (bicyclic) bond motifs is 1. The van der Waals surface area contributed by atoms with Gasteiger partial charge in [0.25, 0.3) is 11.6 Å². The Labute approximate surface area is 217 Å². The van der Waals surface area contributed by atoms with Crippen LogP contribution in [0.15, 0.2) is 23.2 Å². The number of nitrogens with one attached hydrogen (secondary N) is 3. The van der Waals surface area contributed by atoms with Gasteiger partial charge in [0, 0.05) is 23.8 Å². The lowest BCUT2D eigenvalue weighted by Gasteiger charge is -2.46. The monoisotopic (exact) mass is 527 g/mol. The first-order valence-corrected chi connectivity index (χ1v) is 12.5. The van der Waals surface area contributed by atoms with Crippen molar-refractivity contribution in [3.05, 3.63) is 29.3 Å². The van der Waals surface area contributed by atoms with E-state index in [0.29, 0.717) is 12.4 Å². The number of rotatable bonds is 4. The van der Waals surface area contributed by atoms with Gasteiger partial charge in [-0.25, -0.2) is 10.3 Å². The van der Waals surface area contributed by atoms with Crippen LogP contribution >= 0.6 is 0 Å². The molecule has 1 spiro atoms. The average Bonchev–Trinajstić information content (AvgIpc) is 3.54. The number of likely N-dealkylation sites (tertiary alicyclic amines) is 1. The molecule has 9 N–H and O–H groups in total. The Morgan fingerprint density at radius 1 is 1.26 bits per heavy atom. The standard InChI is InChI=1S/C24H30N8O6/c1-22(2)10-38-17-11(4-3-5-12(17)22)19(35)28-14-9-32-21(26)27-13(8-31-15(33)6-7-16(31)34)18-23(32,24(14,36)37)30-20(25)29-18/h3-5,13-14,18,36-37H,6-10H2,1-2H3,(H2,26,27)(H,28,35)(H3,25,29,30)/p+1/t13-,14?,18-,23-/m0/s1. The average molecular weight is 528 g/mol. The first kappa shape index (κ1) is 24.4. The zero-order valence-electron chi connectivity index (χ0n) is 21.0. The molecule has 202 valence electrons. The number of para-hydroxylation sites is 1. The fourth-order valence-electron chi connectivity index (χ4n) is 6.31. The summed E-state index contributed by atoms with van der Waals surface area (Å²) in [6.07, 6.45) is 0.212. The summed E-state index contributed by atoms with van der Waals surface area (Å²) in [5, 5.41) is 28.9. The number of aliphatic hydroxyl groups is 2. The summed E-state index contributed by atoms with van der Waals surface area (Å²) in [5.41, 5.74) is 11.5. The van der Waals surface area contributed by atoms with E-state index in [-0.39, 0.29) is 60.6 Å². The van der Waals surface area contributed by atoms with E-state index in [2.05, 4.69) is 20.6 Å². The van der Waals surface area contributed by atoms with E-state index in [4.69, 9.17) is 16.2 Å². The van der Waals surface area contributed by atoms with Crippen molar-refractivity contribution in [1.29, 1.82) is 0 Å². The number of aliphatic imine (C=N–C) groups is 1. The van der Waals surface area contributed by atoms with E-state index in [1.165, 1.54) is 4.90 Å². The molecule has 38 heavy (non-hydrogen) atoms. The van der Waals surface area contributed by atoms with Crippen LogP contribution in [0.3, 0.4) is 0 Å². The van der Waals surface area contributed by atoms with Gasteiger partial charge in [0.15, 0.2) is 12.0 Å². The number of guanidine groups is 2. The smallest absolute Gasteiger partial charge is 0.343 e. The second-order valence-corrected chi connectivity index (χ2v) is 11.1. The van der Waals surface area contributed by atoms with Crippen molar-refractivity contribution < 1.29 is 34.3 Å². The molecule has 0 radical (unpaired) electrons. The van der Waals surface area contributed by atoms with Crippen LogP contribution in [0.4, 0.5) is 0 Å². The van der Waals surface area contributed by atoms with Crippen LogP contribution in [0.2, 0.25) is 0 Å². The molecule has 4 atom stereocenters. The van der Waals surface area contributed by atoms with Gasteiger partial charge in [-0.2, -0.15) is 0 Å². The Bertz CT molecular complexity index is 1310. The Hall–Kier alpha value is -3.91. The Balaban J connectivity index is 1.31. The second kappa shape index (κ2) is 7.80. The molecule has 1 aromatic rings. The molecule has 5 aliphatic heterocycles. The van der Waals surface area contributed by atoms with E-state index >= 15 is 0 Å². The van der Waals surface area contributed by atoms with Crippen LogP contribution in [0, 0.1) is 0 Å². The molecule has 0 bridgehead atoms. The van der Waals surface area contributed by atoms with Gasteiger partial charge in [-0.1, -0.05) is 26.0 Å². The first-order chi connectivity index (χ1) is 17.9. The summed E-state index contributed by atoms with van der Waals surface area (Å²) in [6, 6.07) is 2.30.